The first-order chi connectivity index (χ1) is 12.6. The second kappa shape index (κ2) is 7.92. The average molecular weight is 356 g/mol. The van der Waals surface area contributed by atoms with E-state index in [1.165, 1.54) is 7.11 Å². The van der Waals surface area contributed by atoms with Crippen molar-refractivity contribution in [2.45, 2.75) is 19.5 Å². The van der Waals surface area contributed by atoms with E-state index in [4.69, 9.17) is 9.84 Å². The maximum absolute atomic E-state index is 12.7. The molecule has 2 aromatic rings. The van der Waals surface area contributed by atoms with Gasteiger partial charge in [0.1, 0.15) is 6.61 Å². The summed E-state index contributed by atoms with van der Waals surface area (Å²) in [5.74, 6) is -0.238. The molecule has 8 nitrogen and oxygen atoms in total. The Hall–Kier alpha value is -3.00. The number of pyridine rings is 2. The van der Waals surface area contributed by atoms with Gasteiger partial charge in [-0.05, 0) is 18.2 Å². The minimum atomic E-state index is -0.596. The number of aromatic nitrogens is 2. The monoisotopic (exact) mass is 356 g/mol. The van der Waals surface area contributed by atoms with Crippen LogP contribution in [0.3, 0.4) is 0 Å². The van der Waals surface area contributed by atoms with Crippen molar-refractivity contribution in [3.63, 3.8) is 0 Å². The molecule has 3 heterocycles. The van der Waals surface area contributed by atoms with Crippen LogP contribution in [0.15, 0.2) is 30.5 Å². The molecule has 8 heteroatoms. The molecule has 0 saturated heterocycles. The van der Waals surface area contributed by atoms with Crippen molar-refractivity contribution in [2.75, 3.05) is 20.3 Å². The second-order valence-corrected chi connectivity index (χ2v) is 5.88. The lowest BCUT2D eigenvalue weighted by molar-refractivity contribution is -0.123. The standard InChI is InChI=1S/C18H20N4O4/c1-26-17-12(9-20-16(24)11-23)8-14-15(21-17)10-22(18(14)25)7-5-13-4-2-3-6-19-13/h2-4,6,8,23H,5,7,9-11H2,1H3,(H,20,24). The number of carbonyl (C=O) groups excluding carboxylic acids is 2. The highest BCUT2D eigenvalue weighted by molar-refractivity contribution is 5.98. The third kappa shape index (κ3) is 3.80. The minimum absolute atomic E-state index is 0.0965. The molecule has 1 aliphatic rings. The second-order valence-electron chi connectivity index (χ2n) is 5.88. The Kier molecular flexibility index (Phi) is 5.43. The largest absolute Gasteiger partial charge is 0.481 e. The summed E-state index contributed by atoms with van der Waals surface area (Å²) in [5, 5.41) is 11.3. The van der Waals surface area contributed by atoms with E-state index in [0.29, 0.717) is 42.2 Å². The molecule has 0 saturated carbocycles. The van der Waals surface area contributed by atoms with Gasteiger partial charge in [0.25, 0.3) is 5.91 Å². The fourth-order valence-corrected chi connectivity index (χ4v) is 2.83. The number of hydrogen-bond acceptors (Lipinski definition) is 6. The van der Waals surface area contributed by atoms with Crippen molar-refractivity contribution >= 4 is 11.8 Å². The first-order valence-corrected chi connectivity index (χ1v) is 8.26. The van der Waals surface area contributed by atoms with Crippen LogP contribution in [0.5, 0.6) is 5.88 Å². The molecule has 0 spiro atoms. The van der Waals surface area contributed by atoms with Crippen LogP contribution in [0.2, 0.25) is 0 Å². The van der Waals surface area contributed by atoms with Gasteiger partial charge in [-0.2, -0.15) is 0 Å². The molecule has 26 heavy (non-hydrogen) atoms. The van der Waals surface area contributed by atoms with E-state index in [9.17, 15) is 9.59 Å². The predicted octanol–water partition coefficient (Wildman–Crippen LogP) is 0.292. The highest BCUT2D eigenvalue weighted by Gasteiger charge is 2.30. The lowest BCUT2D eigenvalue weighted by atomic mass is 10.1. The van der Waals surface area contributed by atoms with Gasteiger partial charge in [0, 0.05) is 37.0 Å². The molecule has 2 aromatic heterocycles. The van der Waals surface area contributed by atoms with E-state index in [1.807, 2.05) is 18.2 Å². The number of carbonyl (C=O) groups is 2. The topological polar surface area (TPSA) is 105 Å². The van der Waals surface area contributed by atoms with Gasteiger partial charge in [-0.15, -0.1) is 0 Å². The van der Waals surface area contributed by atoms with Gasteiger partial charge in [0.15, 0.2) is 0 Å². The average Bonchev–Trinajstić information content (AvgIpc) is 2.99. The fourth-order valence-electron chi connectivity index (χ4n) is 2.83. The fraction of sp³-hybridized carbons (Fsp3) is 0.333. The zero-order chi connectivity index (χ0) is 18.5. The Morgan fingerprint density at radius 1 is 1.42 bits per heavy atom. The van der Waals surface area contributed by atoms with Crippen LogP contribution < -0.4 is 10.1 Å². The summed E-state index contributed by atoms with van der Waals surface area (Å²) < 4.78 is 5.27. The molecular weight excluding hydrogens is 336 g/mol. The first kappa shape index (κ1) is 17.8. The van der Waals surface area contributed by atoms with Crippen molar-refractivity contribution < 1.29 is 19.4 Å². The zero-order valence-corrected chi connectivity index (χ0v) is 14.4. The van der Waals surface area contributed by atoms with Crippen molar-refractivity contribution in [3.8, 4) is 5.88 Å². The molecular formula is C18H20N4O4. The Bertz CT molecular complexity index is 810. The molecule has 0 unspecified atom stereocenters. The number of aliphatic hydroxyl groups is 1. The zero-order valence-electron chi connectivity index (χ0n) is 14.4. The number of rotatable bonds is 7. The summed E-state index contributed by atoms with van der Waals surface area (Å²) in [7, 11) is 1.49. The van der Waals surface area contributed by atoms with Crippen LogP contribution in [0, 0.1) is 0 Å². The van der Waals surface area contributed by atoms with Gasteiger partial charge < -0.3 is 20.1 Å². The molecule has 0 aliphatic carbocycles. The van der Waals surface area contributed by atoms with Crippen molar-refractivity contribution in [2.24, 2.45) is 0 Å². The van der Waals surface area contributed by atoms with E-state index >= 15 is 0 Å². The normalized spacial score (nSPS) is 12.8. The summed E-state index contributed by atoms with van der Waals surface area (Å²) in [6, 6.07) is 7.40. The Labute approximate surface area is 150 Å². The minimum Gasteiger partial charge on any atom is -0.481 e. The summed E-state index contributed by atoms with van der Waals surface area (Å²) in [6.07, 6.45) is 2.40. The van der Waals surface area contributed by atoms with E-state index in [1.54, 1.807) is 17.2 Å². The van der Waals surface area contributed by atoms with Crippen molar-refractivity contribution in [1.29, 1.82) is 0 Å². The number of amides is 2. The van der Waals surface area contributed by atoms with Gasteiger partial charge in [0.2, 0.25) is 11.8 Å². The molecule has 0 bridgehead atoms. The lowest BCUT2D eigenvalue weighted by Gasteiger charge is -2.14. The van der Waals surface area contributed by atoms with Gasteiger partial charge in [0.05, 0.1) is 24.9 Å². The van der Waals surface area contributed by atoms with Gasteiger partial charge in [-0.3, -0.25) is 14.6 Å². The van der Waals surface area contributed by atoms with Crippen LogP contribution in [0.25, 0.3) is 0 Å². The van der Waals surface area contributed by atoms with Crippen molar-refractivity contribution in [3.05, 3.63) is 53.0 Å². The third-order valence-electron chi connectivity index (χ3n) is 4.18. The van der Waals surface area contributed by atoms with E-state index < -0.39 is 12.5 Å². The summed E-state index contributed by atoms with van der Waals surface area (Å²) in [4.78, 5) is 34.3. The lowest BCUT2D eigenvalue weighted by Crippen LogP contribution is -2.27. The summed E-state index contributed by atoms with van der Waals surface area (Å²) >= 11 is 0. The smallest absolute Gasteiger partial charge is 0.256 e. The third-order valence-corrected chi connectivity index (χ3v) is 4.18. The highest BCUT2D eigenvalue weighted by atomic mass is 16.5. The Morgan fingerprint density at radius 2 is 2.27 bits per heavy atom. The Balaban J connectivity index is 1.73. The van der Waals surface area contributed by atoms with Crippen LogP contribution in [-0.4, -0.2) is 52.1 Å². The van der Waals surface area contributed by atoms with Crippen LogP contribution in [0.4, 0.5) is 0 Å². The number of methoxy groups -OCH3 is 1. The van der Waals surface area contributed by atoms with Crippen molar-refractivity contribution in [1.82, 2.24) is 20.2 Å². The molecule has 3 rings (SSSR count). The quantitative estimate of drug-likeness (QED) is 0.739. The SMILES string of the molecule is COc1nc2c(cc1CNC(=O)CO)C(=O)N(CCc1ccccn1)C2. The number of hydrogen-bond donors (Lipinski definition) is 2. The van der Waals surface area contributed by atoms with E-state index in [2.05, 4.69) is 15.3 Å². The van der Waals surface area contributed by atoms with E-state index in [-0.39, 0.29) is 12.5 Å². The van der Waals surface area contributed by atoms with Crippen LogP contribution >= 0.6 is 0 Å². The molecule has 0 radical (unpaired) electrons. The number of fused-ring (bicyclic) bond motifs is 1. The molecule has 0 atom stereocenters. The van der Waals surface area contributed by atoms with Crippen LogP contribution in [0.1, 0.15) is 27.3 Å². The van der Waals surface area contributed by atoms with E-state index in [0.717, 1.165) is 5.69 Å². The molecule has 0 aromatic carbocycles. The molecule has 1 aliphatic heterocycles. The number of nitrogens with zero attached hydrogens (tertiary/aromatic N) is 3. The number of nitrogens with one attached hydrogen (secondary N) is 1. The Morgan fingerprint density at radius 3 is 2.96 bits per heavy atom. The first-order valence-electron chi connectivity index (χ1n) is 8.26. The maximum atomic E-state index is 12.7. The molecule has 2 amide bonds. The summed E-state index contributed by atoms with van der Waals surface area (Å²) in [6.45, 7) is 0.497. The van der Waals surface area contributed by atoms with Gasteiger partial charge in [-0.1, -0.05) is 6.07 Å². The molecule has 136 valence electrons. The van der Waals surface area contributed by atoms with Gasteiger partial charge in [-0.25, -0.2) is 4.98 Å². The van der Waals surface area contributed by atoms with Gasteiger partial charge >= 0.3 is 0 Å². The van der Waals surface area contributed by atoms with Crippen LogP contribution in [-0.2, 0) is 24.3 Å². The number of ether oxygens (including phenoxy) is 1. The summed E-state index contributed by atoms with van der Waals surface area (Å²) in [5.41, 5.74) is 2.69. The highest BCUT2D eigenvalue weighted by Crippen LogP contribution is 2.27. The molecule has 2 N–H and O–H groups in total. The predicted molar refractivity (Wildman–Crippen MR) is 92.4 cm³/mol. The number of aliphatic hydroxyl groups excluding tert-OH is 1. The molecule has 0 fully saturated rings. The maximum Gasteiger partial charge on any atom is 0.256 e.